The number of nitrogens with zero attached hydrogens (tertiary/aromatic N) is 1. The molecule has 0 bridgehead atoms. The third-order valence-corrected chi connectivity index (χ3v) is 7.98. The van der Waals surface area contributed by atoms with Gasteiger partial charge < -0.3 is 19.1 Å². The number of unbranched alkanes of at least 4 members (excludes halogenated alkanes) is 12. The lowest BCUT2D eigenvalue weighted by atomic mass is 10.1. The molecule has 0 fully saturated rings. The van der Waals surface area contributed by atoms with E-state index in [2.05, 4.69) is 26.0 Å². The molecule has 0 aliphatic heterocycles. The van der Waals surface area contributed by atoms with Gasteiger partial charge in [0.15, 0.2) is 0 Å². The Morgan fingerprint density at radius 2 is 1.19 bits per heavy atom. The zero-order chi connectivity index (χ0) is 35.3. The Hall–Kier alpha value is -3.09. The first kappa shape index (κ1) is 42.9. The van der Waals surface area contributed by atoms with E-state index in [0.29, 0.717) is 38.3 Å². The predicted octanol–water partition coefficient (Wildman–Crippen LogP) is 11.0. The highest BCUT2D eigenvalue weighted by atomic mass is 16.6. The molecule has 0 aliphatic rings. The minimum Gasteiger partial charge on any atom is -0.461 e. The predicted molar refractivity (Wildman–Crippen MR) is 197 cm³/mol. The van der Waals surface area contributed by atoms with Crippen LogP contribution < -0.4 is 0 Å². The van der Waals surface area contributed by atoms with Crippen molar-refractivity contribution in [2.75, 3.05) is 26.3 Å². The topological polar surface area (TPSA) is 82.1 Å². The van der Waals surface area contributed by atoms with Crippen molar-refractivity contribution in [3.8, 4) is 0 Å². The lowest BCUT2D eigenvalue weighted by molar-refractivity contribution is -0.142. The van der Waals surface area contributed by atoms with Gasteiger partial charge in [0.2, 0.25) is 0 Å². The fourth-order valence-electron chi connectivity index (χ4n) is 5.17. The first-order valence-electron chi connectivity index (χ1n) is 18.9. The Kier molecular flexibility index (Phi) is 24.9. The SMILES string of the molecule is CCCCCC/C=C\COC(=O)CCCCCCCN(CCCc1ccc(C(=O)OC/C=C\CCCCCC)cc1)C(=O)OC(C)(C)C. The van der Waals surface area contributed by atoms with E-state index in [0.717, 1.165) is 63.4 Å². The van der Waals surface area contributed by atoms with Gasteiger partial charge in [-0.25, -0.2) is 9.59 Å². The zero-order valence-corrected chi connectivity index (χ0v) is 31.1. The highest BCUT2D eigenvalue weighted by Crippen LogP contribution is 2.15. The Morgan fingerprint density at radius 3 is 1.79 bits per heavy atom. The molecule has 0 atom stereocenters. The summed E-state index contributed by atoms with van der Waals surface area (Å²) in [5.74, 6) is -0.447. The number of carbonyl (C=O) groups excluding carboxylic acids is 3. The maximum absolute atomic E-state index is 12.9. The monoisotopic (exact) mass is 669 g/mol. The zero-order valence-electron chi connectivity index (χ0n) is 31.1. The lowest BCUT2D eigenvalue weighted by Gasteiger charge is -2.27. The van der Waals surface area contributed by atoms with Gasteiger partial charge >= 0.3 is 18.0 Å². The minimum atomic E-state index is -0.552. The molecule has 1 aromatic carbocycles. The second kappa shape index (κ2) is 27.8. The molecular weight excluding hydrogens is 602 g/mol. The molecule has 0 N–H and O–H groups in total. The summed E-state index contributed by atoms with van der Waals surface area (Å²) >= 11 is 0. The van der Waals surface area contributed by atoms with Crippen LogP contribution in [0.4, 0.5) is 4.79 Å². The summed E-state index contributed by atoms with van der Waals surface area (Å²) < 4.78 is 16.4. The van der Waals surface area contributed by atoms with E-state index < -0.39 is 5.60 Å². The minimum absolute atomic E-state index is 0.132. The number of carbonyl (C=O) groups is 3. The van der Waals surface area contributed by atoms with Gasteiger partial charge in [0.25, 0.3) is 0 Å². The summed E-state index contributed by atoms with van der Waals surface area (Å²) in [5, 5.41) is 0. The average molecular weight is 670 g/mol. The summed E-state index contributed by atoms with van der Waals surface area (Å²) in [4.78, 5) is 39.1. The van der Waals surface area contributed by atoms with Crippen LogP contribution in [-0.2, 0) is 25.4 Å². The van der Waals surface area contributed by atoms with Gasteiger partial charge in [-0.15, -0.1) is 0 Å². The van der Waals surface area contributed by atoms with Crippen LogP contribution in [0.5, 0.6) is 0 Å². The van der Waals surface area contributed by atoms with Gasteiger partial charge in [-0.05, 0) is 89.8 Å². The number of aryl methyl sites for hydroxylation is 1. The quantitative estimate of drug-likeness (QED) is 0.0401. The van der Waals surface area contributed by atoms with Crippen LogP contribution in [0.15, 0.2) is 48.6 Å². The number of amides is 1. The maximum Gasteiger partial charge on any atom is 0.410 e. The van der Waals surface area contributed by atoms with E-state index in [9.17, 15) is 14.4 Å². The van der Waals surface area contributed by atoms with E-state index in [1.54, 1.807) is 0 Å². The number of hydrogen-bond acceptors (Lipinski definition) is 6. The van der Waals surface area contributed by atoms with Crippen molar-refractivity contribution in [2.45, 2.75) is 156 Å². The largest absolute Gasteiger partial charge is 0.461 e. The van der Waals surface area contributed by atoms with Gasteiger partial charge in [0, 0.05) is 19.5 Å². The smallest absolute Gasteiger partial charge is 0.410 e. The molecule has 1 amide bonds. The van der Waals surface area contributed by atoms with Crippen LogP contribution in [0.2, 0.25) is 0 Å². The first-order valence-corrected chi connectivity index (χ1v) is 18.9. The van der Waals surface area contributed by atoms with Crippen LogP contribution in [0.25, 0.3) is 0 Å². The van der Waals surface area contributed by atoms with Crippen LogP contribution in [0, 0.1) is 0 Å². The van der Waals surface area contributed by atoms with Gasteiger partial charge in [0.1, 0.15) is 18.8 Å². The van der Waals surface area contributed by atoms with Crippen LogP contribution >= 0.6 is 0 Å². The van der Waals surface area contributed by atoms with Crippen LogP contribution in [0.3, 0.4) is 0 Å². The molecule has 0 unspecified atom stereocenters. The molecule has 0 aromatic heterocycles. The summed E-state index contributed by atoms with van der Waals surface area (Å²) in [5.41, 5.74) is 1.10. The van der Waals surface area contributed by atoms with Gasteiger partial charge in [0.05, 0.1) is 5.56 Å². The van der Waals surface area contributed by atoms with E-state index >= 15 is 0 Å². The maximum atomic E-state index is 12.9. The molecule has 1 rings (SSSR count). The van der Waals surface area contributed by atoms with Crippen LogP contribution in [0.1, 0.15) is 160 Å². The fraction of sp³-hybridized carbons (Fsp3) is 0.683. The molecule has 0 spiro atoms. The summed E-state index contributed by atoms with van der Waals surface area (Å²) in [6.45, 7) is 12.0. The third kappa shape index (κ3) is 24.1. The first-order chi connectivity index (χ1) is 23.2. The summed E-state index contributed by atoms with van der Waals surface area (Å²) in [6, 6.07) is 7.54. The third-order valence-electron chi connectivity index (χ3n) is 7.98. The van der Waals surface area contributed by atoms with Crippen molar-refractivity contribution in [2.24, 2.45) is 0 Å². The Bertz CT molecular complexity index is 1040. The Balaban J connectivity index is 2.34. The van der Waals surface area contributed by atoms with Gasteiger partial charge in [-0.2, -0.15) is 0 Å². The average Bonchev–Trinajstić information content (AvgIpc) is 3.05. The van der Waals surface area contributed by atoms with E-state index in [4.69, 9.17) is 14.2 Å². The van der Waals surface area contributed by atoms with Crippen molar-refractivity contribution in [1.82, 2.24) is 4.90 Å². The second-order valence-electron chi connectivity index (χ2n) is 13.7. The normalized spacial score (nSPS) is 11.7. The molecule has 1 aromatic rings. The number of hydrogen-bond donors (Lipinski definition) is 0. The van der Waals surface area contributed by atoms with E-state index in [1.165, 1.54) is 51.4 Å². The number of ether oxygens (including phenoxy) is 3. The molecule has 0 radical (unpaired) electrons. The van der Waals surface area contributed by atoms with Crippen LogP contribution in [-0.4, -0.2) is 54.8 Å². The number of esters is 2. The molecular formula is C41H67NO6. The van der Waals surface area contributed by atoms with Crippen molar-refractivity contribution in [1.29, 1.82) is 0 Å². The molecule has 48 heavy (non-hydrogen) atoms. The van der Waals surface area contributed by atoms with Crippen molar-refractivity contribution in [3.05, 3.63) is 59.7 Å². The fourth-order valence-corrected chi connectivity index (χ4v) is 5.17. The highest BCUT2D eigenvalue weighted by Gasteiger charge is 2.21. The molecule has 7 heteroatoms. The highest BCUT2D eigenvalue weighted by molar-refractivity contribution is 5.89. The van der Waals surface area contributed by atoms with Crippen molar-refractivity contribution >= 4 is 18.0 Å². The van der Waals surface area contributed by atoms with E-state index in [-0.39, 0.29) is 18.0 Å². The lowest BCUT2D eigenvalue weighted by Crippen LogP contribution is -2.38. The standard InChI is InChI=1S/C41H67NO6/c1-6-8-10-12-14-19-23-34-46-38(43)27-21-17-16-18-22-32-42(40(45)48-41(3,4)5)33-25-26-36-28-30-37(31-29-36)39(44)47-35-24-20-15-13-11-9-7-2/h19-20,23-24,28-31H,6-18,21-22,25-27,32-35H2,1-5H3/b23-19-,24-20-. The Labute approximate surface area is 292 Å². The molecule has 272 valence electrons. The number of benzene rings is 1. The second-order valence-corrected chi connectivity index (χ2v) is 13.7. The van der Waals surface area contributed by atoms with Crippen molar-refractivity contribution in [3.63, 3.8) is 0 Å². The molecule has 0 saturated carbocycles. The van der Waals surface area contributed by atoms with Gasteiger partial charge in [-0.1, -0.05) is 108 Å². The van der Waals surface area contributed by atoms with E-state index in [1.807, 2.05) is 62.1 Å². The van der Waals surface area contributed by atoms with Crippen molar-refractivity contribution < 1.29 is 28.6 Å². The molecule has 0 saturated heterocycles. The summed E-state index contributed by atoms with van der Waals surface area (Å²) in [6.07, 6.45) is 26.4. The summed E-state index contributed by atoms with van der Waals surface area (Å²) in [7, 11) is 0. The Morgan fingerprint density at radius 1 is 0.646 bits per heavy atom. The number of rotatable bonds is 27. The molecule has 0 heterocycles. The molecule has 0 aliphatic carbocycles. The van der Waals surface area contributed by atoms with Gasteiger partial charge in [-0.3, -0.25) is 4.79 Å². The number of allylic oxidation sites excluding steroid dienone is 2. The molecule has 7 nitrogen and oxygen atoms in total.